The summed E-state index contributed by atoms with van der Waals surface area (Å²) in [5.41, 5.74) is 3.35. The largest absolute Gasteiger partial charge is 0.486 e. The van der Waals surface area contributed by atoms with E-state index in [2.05, 4.69) is 48.5 Å². The van der Waals surface area contributed by atoms with Crippen LogP contribution in [0.25, 0.3) is 0 Å². The van der Waals surface area contributed by atoms with Gasteiger partial charge in [-0.05, 0) is 54.4 Å². The first-order valence-electron chi connectivity index (χ1n) is 12.9. The van der Waals surface area contributed by atoms with Gasteiger partial charge in [-0.2, -0.15) is 5.10 Å². The van der Waals surface area contributed by atoms with Crippen LogP contribution in [0.1, 0.15) is 52.5 Å². The lowest BCUT2D eigenvalue weighted by Crippen LogP contribution is -2.18. The Balaban J connectivity index is 1.18. The van der Waals surface area contributed by atoms with Crippen LogP contribution in [0.15, 0.2) is 95.4 Å². The highest BCUT2D eigenvalue weighted by Gasteiger charge is 2.23. The van der Waals surface area contributed by atoms with Crippen molar-refractivity contribution in [2.45, 2.75) is 39.3 Å². The Labute approximate surface area is 237 Å². The van der Waals surface area contributed by atoms with Crippen LogP contribution in [0, 0.1) is 12.7 Å². The number of hydrogen-bond acceptors (Lipinski definition) is 4. The zero-order valence-corrected chi connectivity index (χ0v) is 23.2. The van der Waals surface area contributed by atoms with Crippen LogP contribution >= 0.6 is 11.6 Å². The molecular weight excluding hydrogens is 529 g/mol. The molecule has 5 rings (SSSR count). The van der Waals surface area contributed by atoms with E-state index < -0.39 is 11.7 Å². The normalized spacial score (nSPS) is 11.4. The number of benzene rings is 3. The maximum absolute atomic E-state index is 14.2. The van der Waals surface area contributed by atoms with E-state index in [-0.39, 0.29) is 24.3 Å². The molecule has 0 fully saturated rings. The highest BCUT2D eigenvalue weighted by Crippen LogP contribution is 2.32. The molecule has 0 aliphatic rings. The Morgan fingerprint density at radius 2 is 1.73 bits per heavy atom. The number of rotatable bonds is 9. The molecule has 2 aromatic heterocycles. The average Bonchev–Trinajstić information content (AvgIpc) is 3.56. The lowest BCUT2D eigenvalue weighted by molar-refractivity contribution is 0.0992. The van der Waals surface area contributed by atoms with Gasteiger partial charge < -0.3 is 14.5 Å². The average molecular weight is 558 g/mol. The van der Waals surface area contributed by atoms with Gasteiger partial charge in [0.1, 0.15) is 23.9 Å². The van der Waals surface area contributed by atoms with E-state index in [0.29, 0.717) is 27.9 Å². The molecule has 0 unspecified atom stereocenters. The van der Waals surface area contributed by atoms with E-state index in [1.807, 2.05) is 37.3 Å². The number of aryl methyl sites for hydroxylation is 1. The molecule has 0 saturated heterocycles. The van der Waals surface area contributed by atoms with Crippen molar-refractivity contribution in [2.24, 2.45) is 0 Å². The fourth-order valence-electron chi connectivity index (χ4n) is 4.46. The van der Waals surface area contributed by atoms with Crippen LogP contribution in [0.3, 0.4) is 0 Å². The van der Waals surface area contributed by atoms with Crippen molar-refractivity contribution in [2.75, 3.05) is 5.32 Å². The molecule has 2 heterocycles. The van der Waals surface area contributed by atoms with Crippen molar-refractivity contribution in [3.8, 4) is 5.75 Å². The van der Waals surface area contributed by atoms with Gasteiger partial charge in [-0.1, -0.05) is 74.0 Å². The molecule has 8 heteroatoms. The third kappa shape index (κ3) is 5.95. The zero-order valence-electron chi connectivity index (χ0n) is 22.4. The first kappa shape index (κ1) is 27.2. The highest BCUT2D eigenvalue weighted by molar-refractivity contribution is 6.31. The summed E-state index contributed by atoms with van der Waals surface area (Å²) in [6.45, 7) is 6.51. The summed E-state index contributed by atoms with van der Waals surface area (Å²) in [6.07, 6.45) is 0. The summed E-state index contributed by atoms with van der Waals surface area (Å²) in [6, 6.07) is 27.9. The Bertz CT molecular complexity index is 1600. The molecule has 40 heavy (non-hydrogen) atoms. The van der Waals surface area contributed by atoms with Crippen LogP contribution in [0.4, 0.5) is 10.2 Å². The second-order valence-electron chi connectivity index (χ2n) is 10.1. The molecule has 0 spiro atoms. The minimum atomic E-state index is -0.452. The summed E-state index contributed by atoms with van der Waals surface area (Å²) in [5, 5.41) is 7.41. The molecule has 0 aliphatic carbocycles. The third-order valence-corrected chi connectivity index (χ3v) is 7.28. The SMILES string of the molecule is Cc1cc(NC(=O)c2ccc(COc3ccc(C(C)(C)c4ccccc4)cc3)o2)nn1Cc1c(F)cccc1Cl. The van der Waals surface area contributed by atoms with Gasteiger partial charge in [-0.3, -0.25) is 9.48 Å². The summed E-state index contributed by atoms with van der Waals surface area (Å²) in [4.78, 5) is 12.8. The Hall–Kier alpha value is -4.36. The lowest BCUT2D eigenvalue weighted by Gasteiger charge is -2.26. The molecule has 0 atom stereocenters. The first-order valence-corrected chi connectivity index (χ1v) is 13.2. The standard InChI is InChI=1S/C32H29ClFN3O3/c1-21-18-30(36-37(21)19-26-27(33)10-7-11-28(26)34)35-31(38)29-17-16-25(40-29)20-39-24-14-12-23(13-15-24)32(2,3)22-8-5-4-6-9-22/h4-18H,19-20H2,1-3H3,(H,35,36,38). The molecule has 0 bridgehead atoms. The number of anilines is 1. The second kappa shape index (κ2) is 11.4. The van der Waals surface area contributed by atoms with Gasteiger partial charge in [0, 0.05) is 27.8 Å². The second-order valence-corrected chi connectivity index (χ2v) is 10.5. The van der Waals surface area contributed by atoms with E-state index >= 15 is 0 Å². The van der Waals surface area contributed by atoms with Gasteiger partial charge in [0.15, 0.2) is 11.6 Å². The maximum atomic E-state index is 14.2. The first-order chi connectivity index (χ1) is 19.2. The van der Waals surface area contributed by atoms with Gasteiger partial charge in [0.25, 0.3) is 5.91 Å². The van der Waals surface area contributed by atoms with Gasteiger partial charge in [-0.15, -0.1) is 0 Å². The van der Waals surface area contributed by atoms with Crippen molar-refractivity contribution in [3.05, 3.63) is 136 Å². The van der Waals surface area contributed by atoms with Crippen molar-refractivity contribution in [3.63, 3.8) is 0 Å². The van der Waals surface area contributed by atoms with Gasteiger partial charge in [0.05, 0.1) is 6.54 Å². The smallest absolute Gasteiger partial charge is 0.292 e. The Kier molecular flexibility index (Phi) is 7.76. The van der Waals surface area contributed by atoms with Crippen molar-refractivity contribution < 1.29 is 18.3 Å². The molecule has 0 saturated carbocycles. The predicted octanol–water partition coefficient (Wildman–Crippen LogP) is 7.78. The fourth-order valence-corrected chi connectivity index (χ4v) is 4.69. The van der Waals surface area contributed by atoms with Crippen LogP contribution in [0.2, 0.25) is 5.02 Å². The summed E-state index contributed by atoms with van der Waals surface area (Å²) >= 11 is 6.14. The summed E-state index contributed by atoms with van der Waals surface area (Å²) < 4.78 is 27.4. The quantitative estimate of drug-likeness (QED) is 0.201. The van der Waals surface area contributed by atoms with Crippen molar-refractivity contribution >= 4 is 23.3 Å². The number of carbonyl (C=O) groups is 1. The molecule has 6 nitrogen and oxygen atoms in total. The molecule has 3 aromatic carbocycles. The van der Waals surface area contributed by atoms with Crippen molar-refractivity contribution in [1.29, 1.82) is 0 Å². The maximum Gasteiger partial charge on any atom is 0.292 e. The van der Waals surface area contributed by atoms with Gasteiger partial charge in [0.2, 0.25) is 0 Å². The Morgan fingerprint density at radius 1 is 1.00 bits per heavy atom. The van der Waals surface area contributed by atoms with Gasteiger partial charge >= 0.3 is 0 Å². The Morgan fingerprint density at radius 3 is 2.45 bits per heavy atom. The monoisotopic (exact) mass is 557 g/mol. The van der Waals surface area contributed by atoms with Gasteiger partial charge in [-0.25, -0.2) is 4.39 Å². The van der Waals surface area contributed by atoms with Crippen LogP contribution < -0.4 is 10.1 Å². The number of ether oxygens (including phenoxy) is 1. The molecule has 0 aliphatic heterocycles. The van der Waals surface area contributed by atoms with E-state index in [1.165, 1.54) is 17.2 Å². The summed E-state index contributed by atoms with van der Waals surface area (Å²) in [5.74, 6) is 0.795. The molecule has 204 valence electrons. The number of furan rings is 1. The van der Waals surface area contributed by atoms with E-state index in [1.54, 1.807) is 35.0 Å². The number of nitrogens with one attached hydrogen (secondary N) is 1. The van der Waals surface area contributed by atoms with Crippen LogP contribution in [0.5, 0.6) is 5.75 Å². The lowest BCUT2D eigenvalue weighted by atomic mass is 9.78. The predicted molar refractivity (Wildman–Crippen MR) is 153 cm³/mol. The van der Waals surface area contributed by atoms with Crippen LogP contribution in [-0.4, -0.2) is 15.7 Å². The third-order valence-electron chi connectivity index (χ3n) is 6.93. The highest BCUT2D eigenvalue weighted by atomic mass is 35.5. The number of carbonyl (C=O) groups excluding carboxylic acids is 1. The molecule has 1 amide bonds. The molecule has 0 radical (unpaired) electrons. The zero-order chi connectivity index (χ0) is 28.3. The molecule has 1 N–H and O–H groups in total. The number of aromatic nitrogens is 2. The van der Waals surface area contributed by atoms with E-state index in [4.69, 9.17) is 20.8 Å². The van der Waals surface area contributed by atoms with Crippen LogP contribution in [-0.2, 0) is 18.6 Å². The van der Waals surface area contributed by atoms with E-state index in [9.17, 15) is 9.18 Å². The van der Waals surface area contributed by atoms with E-state index in [0.717, 1.165) is 5.69 Å². The van der Waals surface area contributed by atoms with Crippen molar-refractivity contribution in [1.82, 2.24) is 9.78 Å². The summed E-state index contributed by atoms with van der Waals surface area (Å²) in [7, 11) is 0. The molecular formula is C32H29ClFN3O3. The fraction of sp³-hybridized carbons (Fsp3) is 0.188. The topological polar surface area (TPSA) is 69.3 Å². The number of hydrogen-bond donors (Lipinski definition) is 1. The number of halogens is 2. The minimum absolute atomic E-state index is 0.128. The number of amides is 1. The molecule has 5 aromatic rings. The minimum Gasteiger partial charge on any atom is -0.486 e. The number of nitrogens with zero attached hydrogens (tertiary/aromatic N) is 2.